The number of nitrogens with one attached hydrogen (secondary N) is 1. The Morgan fingerprint density at radius 2 is 0.712 bits per heavy atom. The Morgan fingerprint density at radius 1 is 0.452 bits per heavy atom. The monoisotopic (exact) mass is 1310 g/mol. The van der Waals surface area contributed by atoms with Crippen molar-refractivity contribution in [1.82, 2.24) is 14.9 Å². The summed E-state index contributed by atoms with van der Waals surface area (Å²) in [7, 11) is 258. The summed E-state index contributed by atoms with van der Waals surface area (Å²) in [6.45, 7) is 6.52. The number of anilines is 2. The van der Waals surface area contributed by atoms with Gasteiger partial charge in [-0.05, 0) is 42.8 Å². The standard InChI is InChI=1S/C19H24BrN5O4S.B74/c1-19(2,3)29-18(28)25-7-6-24(9-12(25)10-26)15-4-5-21-8-13(15)22-16(27)14-11-30-17(20)23-14;1-39(2)58(40(3)4)67(57(37)38)72(68(59(41(5)6)42(7)8)60(43(9)10)44(11)12)74(71(65(53(29)30)54(31)32)66(55(33)34)56(35)36)73(69(61(45(13)14)46(15)16)62(47(17)18)48(19)20)70(63(49(21)22)50(23)24)64(51(25)26)52(27)28/h4-5,8,11-12,26H,6-7,9-10H2,1-3H3,(H,22,27);/t12-;/m0./s1. The first-order valence-electron chi connectivity index (χ1n) is 33.7. The van der Waals surface area contributed by atoms with Gasteiger partial charge in [0.25, 0.3) is 5.91 Å². The van der Waals surface area contributed by atoms with Crippen molar-refractivity contribution in [2.24, 2.45) is 0 Å². The van der Waals surface area contributed by atoms with Crippen LogP contribution in [0.5, 0.6) is 0 Å². The van der Waals surface area contributed by atoms with Crippen molar-refractivity contribution in [2.75, 3.05) is 36.5 Å². The second-order valence-corrected chi connectivity index (χ2v) is 30.7. The van der Waals surface area contributed by atoms with Gasteiger partial charge in [-0.3, -0.25) is 14.7 Å². The molecule has 1 saturated heterocycles. The highest BCUT2D eigenvalue weighted by molar-refractivity contribution is 9.11. The molecule has 3 heterocycles. The van der Waals surface area contributed by atoms with Gasteiger partial charge in [0.05, 0.1) is 30.2 Å². The lowest BCUT2D eigenvalue weighted by atomic mass is 8.21. The Balaban J connectivity index is 0.00000100. The molecule has 2 N–H and O–H groups in total. The van der Waals surface area contributed by atoms with E-state index in [1.54, 1.807) is 28.7 Å². The SMILES string of the molecule is CC(C)(C)OC(=O)N1CCN(c2ccncc2NC(=O)c2csc(Br)n2)C[C@H]1CO.[B]B([B])B(B([B])[B])B(B([B])[B])B(B(B(B([B])[B])B([B])[B])B(B([B])[B])B([B])[B])B(B(B(B([B])[B])B([B])[B])B(B([B])[B])B([B])[B])B(B(B(B([B])[B])B([B])[B])B(B([B])[B])B([B])[B])B(B(B([B])[B])B([B])[B])B(B([B])[B])B([B])[B]. The predicted octanol–water partition coefficient (Wildman–Crippen LogP) is -25.2. The van der Waals surface area contributed by atoms with Gasteiger partial charge >= 0.3 is 6.09 Å². The van der Waals surface area contributed by atoms with Crippen LogP contribution in [0.3, 0.4) is 0 Å². The second-order valence-electron chi connectivity index (χ2n) is 28.6. The van der Waals surface area contributed by atoms with Crippen LogP contribution in [0.4, 0.5) is 16.2 Å². The number of aliphatic hydroxyl groups excluding tert-OH is 1. The van der Waals surface area contributed by atoms with Crippen LogP contribution in [-0.2, 0) is 4.74 Å². The summed E-state index contributed by atoms with van der Waals surface area (Å²) in [5, 5.41) is 14.4. The molecule has 1 aliphatic heterocycles. The first-order chi connectivity index (χ1) is 47.8. The van der Waals surface area contributed by atoms with E-state index in [4.69, 9.17) is 299 Å². The van der Waals surface area contributed by atoms with Crippen LogP contribution < -0.4 is 10.2 Å². The average Bonchev–Trinajstić information content (AvgIpc) is 0.748. The quantitative estimate of drug-likeness (QED) is 0.0642. The van der Waals surface area contributed by atoms with Crippen molar-refractivity contribution >= 4 is 575 Å². The number of carbonyl (C=O) groups is 2. The van der Waals surface area contributed by atoms with E-state index in [-0.39, 0.29) is 12.5 Å². The number of nitrogens with zero attached hydrogens (tertiary/aromatic N) is 4. The molecule has 2 aromatic heterocycles. The van der Waals surface area contributed by atoms with E-state index < -0.39 is 248 Å². The molecule has 104 heavy (non-hydrogen) atoms. The summed E-state index contributed by atoms with van der Waals surface area (Å²) in [5.74, 6) is -0.336. The fraction of sp³-hybridized carbons (Fsp3) is 0.474. The van der Waals surface area contributed by atoms with E-state index in [1.165, 1.54) is 11.3 Å². The minimum atomic E-state index is -1.81. The van der Waals surface area contributed by atoms with Gasteiger partial charge in [-0.15, -0.1) is 11.3 Å². The molecule has 0 aromatic carbocycles. The smallest absolute Gasteiger partial charge is 0.410 e. The van der Waals surface area contributed by atoms with Gasteiger partial charge in [0.1, 0.15) is 11.3 Å². The molecule has 2 amide bonds. The number of thiazole rings is 1. The maximum absolute atomic E-state index is 12.5. The largest absolute Gasteiger partial charge is 0.444 e. The summed E-state index contributed by atoms with van der Waals surface area (Å²) >= 11 is 4.58. The highest BCUT2D eigenvalue weighted by atomic mass is 79.9. The third-order valence-corrected chi connectivity index (χ3v) is 21.3. The molecule has 1 atom stereocenters. The van der Waals surface area contributed by atoms with Crippen LogP contribution in [0.25, 0.3) is 0 Å². The van der Waals surface area contributed by atoms with Crippen LogP contribution >= 0.6 is 27.3 Å². The molecule has 0 bridgehead atoms. The number of aliphatic hydroxyl groups is 1. The number of carbonyl (C=O) groups excluding carboxylic acids is 2. The Labute approximate surface area is 704 Å². The first kappa shape index (κ1) is 103. The first-order valence-corrected chi connectivity index (χ1v) is 35.4. The van der Waals surface area contributed by atoms with E-state index in [2.05, 4.69) is 31.2 Å². The number of amides is 2. The van der Waals surface area contributed by atoms with E-state index >= 15 is 0 Å². The number of piperazine rings is 1. The van der Waals surface area contributed by atoms with E-state index in [0.717, 1.165) is 5.69 Å². The molecular weight excluding hydrogens is 1270 g/mol. The number of rotatable bonds is 39. The lowest BCUT2D eigenvalue weighted by Gasteiger charge is -2.61. The van der Waals surface area contributed by atoms with Crippen LogP contribution in [0, 0.1) is 0 Å². The van der Waals surface area contributed by atoms with Crippen LogP contribution in [-0.4, -0.2) is 594 Å². The van der Waals surface area contributed by atoms with Gasteiger partial charge in [0, 0.05) is 555 Å². The lowest BCUT2D eigenvalue weighted by Crippen LogP contribution is -2.99. The van der Waals surface area contributed by atoms with Gasteiger partial charge in [-0.25, -0.2) is 9.78 Å². The Bertz CT molecular complexity index is 2590. The number of pyridine rings is 1. The lowest BCUT2D eigenvalue weighted by molar-refractivity contribution is 0.00704. The van der Waals surface area contributed by atoms with Gasteiger partial charge < -0.3 is 20.1 Å². The zero-order valence-electron chi connectivity index (χ0n) is 59.7. The van der Waals surface area contributed by atoms with Crippen molar-refractivity contribution in [3.63, 3.8) is 0 Å². The van der Waals surface area contributed by atoms with Crippen molar-refractivity contribution < 1.29 is 19.4 Å². The number of ether oxygens (including phenoxy) is 1. The fourth-order valence-corrected chi connectivity index (χ4v) is 17.2. The molecule has 9 nitrogen and oxygen atoms in total. The number of hydrogen-bond donors (Lipinski definition) is 2. The molecule has 2 aromatic rings. The van der Waals surface area contributed by atoms with Crippen molar-refractivity contribution in [2.45, 2.75) is 32.4 Å². The normalized spacial score (nSPS) is 11.9. The topological polar surface area (TPSA) is 108 Å². The van der Waals surface area contributed by atoms with Gasteiger partial charge in [0.15, 0.2) is 3.92 Å². The van der Waals surface area contributed by atoms with Gasteiger partial charge in [-0.1, -0.05) is 0 Å². The van der Waals surface area contributed by atoms with Crippen LogP contribution in [0.2, 0.25) is 0 Å². The summed E-state index contributed by atoms with van der Waals surface area (Å²) < 4.78 is 6.09. The predicted molar refractivity (Wildman–Crippen MR) is 544 cm³/mol. The molecule has 0 spiro atoms. The minimum absolute atomic E-state index is 0.199. The molecule has 1 fully saturated rings. The molecule has 1 aliphatic rings. The third-order valence-electron chi connectivity index (χ3n) is 20.0. The Kier molecular flexibility index (Phi) is 46.5. The summed E-state index contributed by atoms with van der Waals surface area (Å²) in [6.07, 6.45) is -55.1. The molecule has 3 rings (SSSR count). The summed E-state index contributed by atoms with van der Waals surface area (Å²) in [5.41, 5.74) is 0.996. The molecular formula is C19H24B74BrN5O4S. The zero-order valence-corrected chi connectivity index (χ0v) is 62.1. The van der Waals surface area contributed by atoms with Gasteiger partial charge in [-0.2, -0.15) is 0 Å². The molecule has 0 saturated carbocycles. The number of halogens is 1. The van der Waals surface area contributed by atoms with E-state index in [0.29, 0.717) is 34.9 Å². The van der Waals surface area contributed by atoms with Crippen LogP contribution in [0.15, 0.2) is 27.8 Å². The van der Waals surface area contributed by atoms with Crippen LogP contribution in [0.1, 0.15) is 31.3 Å². The van der Waals surface area contributed by atoms with Crippen molar-refractivity contribution in [3.05, 3.63) is 33.5 Å². The zero-order chi connectivity index (χ0) is 80.7. The average molecular weight is 1300 g/mol. The maximum Gasteiger partial charge on any atom is 0.410 e. The summed E-state index contributed by atoms with van der Waals surface area (Å²) in [4.78, 5) is 36.8. The summed E-state index contributed by atoms with van der Waals surface area (Å²) in [6, 6.07) is 1.37. The Morgan fingerprint density at radius 3 is 0.952 bits per heavy atom. The molecule has 384 valence electrons. The van der Waals surface area contributed by atoms with Crippen molar-refractivity contribution in [1.29, 1.82) is 0 Å². The fourth-order valence-electron chi connectivity index (χ4n) is 16.2. The maximum atomic E-state index is 12.5. The highest BCUT2D eigenvalue weighted by Gasteiger charge is 2.65. The number of aromatic nitrogens is 2. The van der Waals surface area contributed by atoms with Crippen molar-refractivity contribution in [3.8, 4) is 0 Å². The molecule has 0 aliphatic carbocycles. The molecule has 76 radical (unpaired) electrons. The second kappa shape index (κ2) is 47.1. The third kappa shape index (κ3) is 28.4. The Hall–Kier alpha value is 2.57. The van der Waals surface area contributed by atoms with E-state index in [1.807, 2.05) is 25.7 Å². The molecule has 85 heteroatoms. The van der Waals surface area contributed by atoms with Gasteiger partial charge in [0.2, 0.25) is 0 Å². The molecule has 0 unspecified atom stereocenters. The van der Waals surface area contributed by atoms with E-state index in [9.17, 15) is 14.7 Å². The minimum Gasteiger partial charge on any atom is -0.444 e. The number of hydrogen-bond acceptors (Lipinski definition) is 8. The highest BCUT2D eigenvalue weighted by Crippen LogP contribution is 2.31.